The van der Waals surface area contributed by atoms with E-state index in [9.17, 15) is 18.0 Å². The lowest BCUT2D eigenvalue weighted by atomic mass is 10.1. The van der Waals surface area contributed by atoms with E-state index in [-0.39, 0.29) is 42.3 Å². The number of rotatable bonds is 4. The third kappa shape index (κ3) is 3.56. The lowest BCUT2D eigenvalue weighted by Gasteiger charge is -2.26. The van der Waals surface area contributed by atoms with Gasteiger partial charge in [0.15, 0.2) is 9.84 Å². The Balaban J connectivity index is 1.75. The van der Waals surface area contributed by atoms with Crippen LogP contribution in [0.2, 0.25) is 0 Å². The number of methoxy groups -OCH3 is 1. The first kappa shape index (κ1) is 18.7. The number of sulfone groups is 1. The van der Waals surface area contributed by atoms with Gasteiger partial charge in [-0.3, -0.25) is 9.59 Å². The van der Waals surface area contributed by atoms with E-state index in [1.165, 1.54) is 4.90 Å². The molecule has 8 heteroatoms. The molecule has 0 N–H and O–H groups in total. The lowest BCUT2D eigenvalue weighted by molar-refractivity contribution is -0.136. The van der Waals surface area contributed by atoms with E-state index in [1.807, 2.05) is 25.1 Å². The van der Waals surface area contributed by atoms with E-state index >= 15 is 0 Å². The molecular weight excluding hydrogens is 356 g/mol. The molecule has 2 heterocycles. The highest BCUT2D eigenvalue weighted by Gasteiger charge is 2.40. The van der Waals surface area contributed by atoms with Crippen LogP contribution in [0, 0.1) is 12.8 Å². The number of anilines is 1. The summed E-state index contributed by atoms with van der Waals surface area (Å²) in [5.74, 6) is -0.0563. The molecule has 0 spiro atoms. The van der Waals surface area contributed by atoms with Crippen molar-refractivity contribution >= 4 is 27.3 Å². The van der Waals surface area contributed by atoms with Gasteiger partial charge in [-0.15, -0.1) is 0 Å². The first-order chi connectivity index (χ1) is 12.2. The minimum atomic E-state index is -3.06. The number of nitrogens with zero attached hydrogens (tertiary/aromatic N) is 2. The zero-order valence-electron chi connectivity index (χ0n) is 15.3. The van der Waals surface area contributed by atoms with Crippen LogP contribution in [0.15, 0.2) is 18.2 Å². The summed E-state index contributed by atoms with van der Waals surface area (Å²) < 4.78 is 28.7. The Morgan fingerprint density at radius 3 is 2.69 bits per heavy atom. The number of amides is 2. The van der Waals surface area contributed by atoms with Crippen LogP contribution in [0.3, 0.4) is 0 Å². The Morgan fingerprint density at radius 2 is 2.08 bits per heavy atom. The normalized spacial score (nSPS) is 24.7. The van der Waals surface area contributed by atoms with Crippen molar-refractivity contribution < 1.29 is 22.7 Å². The van der Waals surface area contributed by atoms with E-state index in [0.29, 0.717) is 17.9 Å². The molecule has 0 aromatic heterocycles. The molecule has 2 atom stereocenters. The van der Waals surface area contributed by atoms with Gasteiger partial charge in [-0.1, -0.05) is 6.07 Å². The van der Waals surface area contributed by atoms with Crippen LogP contribution in [0.1, 0.15) is 18.4 Å². The van der Waals surface area contributed by atoms with E-state index in [2.05, 4.69) is 0 Å². The molecule has 2 unspecified atom stereocenters. The van der Waals surface area contributed by atoms with Crippen molar-refractivity contribution in [1.29, 1.82) is 0 Å². The van der Waals surface area contributed by atoms with Gasteiger partial charge in [0.05, 0.1) is 30.2 Å². The number of hydrogen-bond donors (Lipinski definition) is 0. The summed E-state index contributed by atoms with van der Waals surface area (Å²) in [6, 6.07) is 5.28. The predicted molar refractivity (Wildman–Crippen MR) is 98.0 cm³/mol. The van der Waals surface area contributed by atoms with Gasteiger partial charge < -0.3 is 14.5 Å². The van der Waals surface area contributed by atoms with Crippen LogP contribution in [0.4, 0.5) is 5.69 Å². The summed E-state index contributed by atoms with van der Waals surface area (Å²) in [5.41, 5.74) is 1.66. The van der Waals surface area contributed by atoms with Crippen molar-refractivity contribution in [3.05, 3.63) is 23.8 Å². The number of ether oxygens (including phenoxy) is 1. The number of aryl methyl sites for hydroxylation is 1. The summed E-state index contributed by atoms with van der Waals surface area (Å²) in [4.78, 5) is 28.4. The van der Waals surface area contributed by atoms with Crippen molar-refractivity contribution in [1.82, 2.24) is 4.90 Å². The molecule has 2 amide bonds. The smallest absolute Gasteiger partial charge is 0.228 e. The predicted octanol–water partition coefficient (Wildman–Crippen LogP) is 1.00. The van der Waals surface area contributed by atoms with Crippen molar-refractivity contribution in [2.45, 2.75) is 25.8 Å². The highest BCUT2D eigenvalue weighted by molar-refractivity contribution is 7.91. The molecule has 3 rings (SSSR count). The van der Waals surface area contributed by atoms with Gasteiger partial charge >= 0.3 is 0 Å². The van der Waals surface area contributed by atoms with Crippen LogP contribution in [0.5, 0.6) is 5.75 Å². The molecular formula is C18H24N2O5S. The molecule has 7 nitrogen and oxygen atoms in total. The fraction of sp³-hybridized carbons (Fsp3) is 0.556. The van der Waals surface area contributed by atoms with Gasteiger partial charge in [0.25, 0.3) is 0 Å². The Hall–Kier alpha value is -2.09. The third-order valence-corrected chi connectivity index (χ3v) is 6.95. The largest absolute Gasteiger partial charge is 0.495 e. The standard InChI is InChI=1S/C18H24N2O5S/c1-12-4-5-16(25-3)15(8-12)20-10-13(9-17(20)21)18(22)19(2)14-6-7-26(23,24)11-14/h4-5,8,13-14H,6-7,9-11H2,1-3H3. The highest BCUT2D eigenvalue weighted by Crippen LogP contribution is 2.34. The molecule has 2 saturated heterocycles. The fourth-order valence-electron chi connectivity index (χ4n) is 3.67. The second-order valence-corrected chi connectivity index (χ2v) is 9.32. The number of carbonyl (C=O) groups is 2. The average molecular weight is 380 g/mol. The van der Waals surface area contributed by atoms with E-state index in [0.717, 1.165) is 5.56 Å². The maximum atomic E-state index is 12.8. The Morgan fingerprint density at radius 1 is 1.35 bits per heavy atom. The van der Waals surface area contributed by atoms with Crippen LogP contribution < -0.4 is 9.64 Å². The van der Waals surface area contributed by atoms with Crippen molar-refractivity contribution in [2.24, 2.45) is 5.92 Å². The van der Waals surface area contributed by atoms with Gasteiger partial charge in [-0.2, -0.15) is 0 Å². The van der Waals surface area contributed by atoms with Crippen LogP contribution in [0.25, 0.3) is 0 Å². The number of benzene rings is 1. The first-order valence-electron chi connectivity index (χ1n) is 8.64. The maximum Gasteiger partial charge on any atom is 0.228 e. The molecule has 1 aromatic rings. The molecule has 2 aliphatic rings. The molecule has 2 fully saturated rings. The highest BCUT2D eigenvalue weighted by atomic mass is 32.2. The summed E-state index contributed by atoms with van der Waals surface area (Å²) in [5, 5.41) is 0. The van der Waals surface area contributed by atoms with Gasteiger partial charge in [-0.05, 0) is 31.0 Å². The van der Waals surface area contributed by atoms with Gasteiger partial charge in [-0.25, -0.2) is 8.42 Å². The molecule has 0 aliphatic carbocycles. The Kier molecular flexibility index (Phi) is 4.96. The van der Waals surface area contributed by atoms with Gasteiger partial charge in [0, 0.05) is 26.1 Å². The van der Waals surface area contributed by atoms with E-state index < -0.39 is 15.8 Å². The van der Waals surface area contributed by atoms with Crippen LogP contribution >= 0.6 is 0 Å². The second kappa shape index (κ2) is 6.90. The summed E-state index contributed by atoms with van der Waals surface area (Å²) in [7, 11) is 0.117. The Bertz CT molecular complexity index is 836. The van der Waals surface area contributed by atoms with E-state index in [4.69, 9.17) is 4.74 Å². The van der Waals surface area contributed by atoms with Crippen molar-refractivity contribution in [3.8, 4) is 5.75 Å². The van der Waals surface area contributed by atoms with Gasteiger partial charge in [0.2, 0.25) is 11.8 Å². The maximum absolute atomic E-state index is 12.8. The summed E-state index contributed by atoms with van der Waals surface area (Å²) in [6.07, 6.45) is 0.584. The third-order valence-electron chi connectivity index (χ3n) is 5.20. The van der Waals surface area contributed by atoms with Crippen LogP contribution in [-0.2, 0) is 19.4 Å². The molecule has 26 heavy (non-hydrogen) atoms. The van der Waals surface area contributed by atoms with Crippen molar-refractivity contribution in [3.63, 3.8) is 0 Å². The lowest BCUT2D eigenvalue weighted by Crippen LogP contribution is -2.42. The minimum Gasteiger partial charge on any atom is -0.495 e. The van der Waals surface area contributed by atoms with Crippen LogP contribution in [-0.4, -0.2) is 63.4 Å². The first-order valence-corrected chi connectivity index (χ1v) is 10.5. The molecule has 2 aliphatic heterocycles. The second-order valence-electron chi connectivity index (χ2n) is 7.09. The summed E-state index contributed by atoms with van der Waals surface area (Å²) >= 11 is 0. The molecule has 0 saturated carbocycles. The van der Waals surface area contributed by atoms with E-state index in [1.54, 1.807) is 19.1 Å². The number of hydrogen-bond acceptors (Lipinski definition) is 5. The quantitative estimate of drug-likeness (QED) is 0.778. The zero-order chi connectivity index (χ0) is 19.1. The van der Waals surface area contributed by atoms with Crippen molar-refractivity contribution in [2.75, 3.05) is 37.1 Å². The zero-order valence-corrected chi connectivity index (χ0v) is 16.1. The molecule has 0 bridgehead atoms. The average Bonchev–Trinajstić information content (AvgIpc) is 3.15. The monoisotopic (exact) mass is 380 g/mol. The molecule has 1 aromatic carbocycles. The molecule has 142 valence electrons. The summed E-state index contributed by atoms with van der Waals surface area (Å²) in [6.45, 7) is 2.21. The number of carbonyl (C=O) groups excluding carboxylic acids is 2. The molecule has 0 radical (unpaired) electrons. The van der Waals surface area contributed by atoms with Gasteiger partial charge in [0.1, 0.15) is 5.75 Å². The topological polar surface area (TPSA) is 84.0 Å². The minimum absolute atomic E-state index is 0.00528. The SMILES string of the molecule is COc1ccc(C)cc1N1CC(C(=O)N(C)C2CCS(=O)(=O)C2)CC1=O. The Labute approximate surface area is 153 Å². The fourth-order valence-corrected chi connectivity index (χ4v) is 5.44.